The first kappa shape index (κ1) is 16.4. The van der Waals surface area contributed by atoms with Gasteiger partial charge >= 0.3 is 6.03 Å². The molecule has 1 heterocycles. The number of hydrogen-bond donors (Lipinski definition) is 2. The molecule has 0 bridgehead atoms. The molecule has 0 aliphatic carbocycles. The van der Waals surface area contributed by atoms with E-state index in [0.29, 0.717) is 12.4 Å². The van der Waals surface area contributed by atoms with Crippen LogP contribution < -0.4 is 10.6 Å². The third kappa shape index (κ3) is 3.94. The number of nitrogens with zero attached hydrogens (tertiary/aromatic N) is 2. The lowest BCUT2D eigenvalue weighted by Gasteiger charge is -2.14. The fraction of sp³-hybridized carbons (Fsp3) is 0.500. The van der Waals surface area contributed by atoms with Crippen LogP contribution in [-0.4, -0.2) is 36.5 Å². The van der Waals surface area contributed by atoms with E-state index < -0.39 is 27.0 Å². The second kappa shape index (κ2) is 6.23. The van der Waals surface area contributed by atoms with Crippen molar-refractivity contribution in [3.63, 3.8) is 0 Å². The quantitative estimate of drug-likeness (QED) is 0.785. The number of hydrogen-bond acceptors (Lipinski definition) is 5. The second-order valence-corrected chi connectivity index (χ2v) is 6.51. The molecule has 112 valence electrons. The van der Waals surface area contributed by atoms with Crippen LogP contribution in [0.1, 0.15) is 25.7 Å². The van der Waals surface area contributed by atoms with Crippen LogP contribution in [0.3, 0.4) is 0 Å². The van der Waals surface area contributed by atoms with Crippen LogP contribution in [0.4, 0.5) is 4.79 Å². The highest BCUT2D eigenvalue weighted by molar-refractivity contribution is 8.13. The molecular weight excluding hydrogens is 308 g/mol. The summed E-state index contributed by atoms with van der Waals surface area (Å²) in [7, 11) is 1.22. The molecule has 3 amide bonds. The molecule has 0 aliphatic heterocycles. The molecule has 1 aromatic heterocycles. The van der Waals surface area contributed by atoms with Gasteiger partial charge in [0.25, 0.3) is 15.0 Å². The Labute approximate surface area is 120 Å². The molecule has 0 radical (unpaired) electrons. The number of imide groups is 1. The number of rotatable bonds is 4. The van der Waals surface area contributed by atoms with Crippen LogP contribution >= 0.6 is 10.7 Å². The van der Waals surface area contributed by atoms with Crippen LogP contribution in [0.5, 0.6) is 0 Å². The molecule has 0 aromatic carbocycles. The minimum atomic E-state index is -3.97. The molecular formula is C10H15ClN4O4S. The van der Waals surface area contributed by atoms with Gasteiger partial charge in [0.05, 0.1) is 0 Å². The van der Waals surface area contributed by atoms with E-state index in [1.807, 2.05) is 0 Å². The smallest absolute Gasteiger partial charge is 0.321 e. The standard InChI is InChI=1S/C10H15ClN4O4S/c1-4-12-10(17)14-9(16)6(2)15-5-8(13-7(15)3)20(11,18)19/h5-6H,4H2,1-3H3,(H2,12,14,16,17). The third-order valence-electron chi connectivity index (χ3n) is 2.52. The van der Waals surface area contributed by atoms with Crippen molar-refractivity contribution in [3.05, 3.63) is 12.0 Å². The van der Waals surface area contributed by atoms with Gasteiger partial charge < -0.3 is 9.88 Å². The lowest BCUT2D eigenvalue weighted by atomic mass is 10.3. The fourth-order valence-corrected chi connectivity index (χ4v) is 2.22. The first-order valence-corrected chi connectivity index (χ1v) is 8.06. The average molecular weight is 323 g/mol. The van der Waals surface area contributed by atoms with Crippen LogP contribution in [-0.2, 0) is 13.8 Å². The minimum absolute atomic E-state index is 0.294. The Morgan fingerprint density at radius 1 is 1.50 bits per heavy atom. The monoisotopic (exact) mass is 322 g/mol. The molecule has 0 spiro atoms. The Balaban J connectivity index is 2.92. The van der Waals surface area contributed by atoms with E-state index in [1.165, 1.54) is 18.4 Å². The molecule has 8 nitrogen and oxygen atoms in total. The number of imidazole rings is 1. The van der Waals surface area contributed by atoms with Gasteiger partial charge in [-0.1, -0.05) is 0 Å². The van der Waals surface area contributed by atoms with Crippen molar-refractivity contribution >= 4 is 31.7 Å². The highest BCUT2D eigenvalue weighted by Crippen LogP contribution is 2.17. The SMILES string of the molecule is CCNC(=O)NC(=O)C(C)n1cc(S(=O)(=O)Cl)nc1C. The van der Waals surface area contributed by atoms with Gasteiger partial charge in [0.1, 0.15) is 11.9 Å². The van der Waals surface area contributed by atoms with Crippen LogP contribution in [0.15, 0.2) is 11.2 Å². The lowest BCUT2D eigenvalue weighted by Crippen LogP contribution is -2.42. The Hall–Kier alpha value is -1.61. The Kier molecular flexibility index (Phi) is 5.12. The number of halogens is 1. The Morgan fingerprint density at radius 2 is 2.10 bits per heavy atom. The van der Waals surface area contributed by atoms with E-state index in [4.69, 9.17) is 10.7 Å². The minimum Gasteiger partial charge on any atom is -0.338 e. The fourth-order valence-electron chi connectivity index (χ4n) is 1.52. The molecule has 1 rings (SSSR count). The van der Waals surface area contributed by atoms with Crippen molar-refractivity contribution in [2.45, 2.75) is 31.8 Å². The molecule has 0 fully saturated rings. The summed E-state index contributed by atoms with van der Waals surface area (Å²) in [6.45, 7) is 5.13. The molecule has 0 aliphatic rings. The second-order valence-electron chi connectivity index (χ2n) is 4.00. The molecule has 1 atom stereocenters. The van der Waals surface area contributed by atoms with Crippen LogP contribution in [0, 0.1) is 6.92 Å². The largest absolute Gasteiger partial charge is 0.338 e. The maximum absolute atomic E-state index is 11.8. The number of amides is 3. The van der Waals surface area contributed by atoms with Gasteiger partial charge in [0.2, 0.25) is 0 Å². The summed E-state index contributed by atoms with van der Waals surface area (Å²) in [4.78, 5) is 26.9. The number of aromatic nitrogens is 2. The predicted octanol–water partition coefficient (Wildman–Crippen LogP) is 0.526. The zero-order valence-electron chi connectivity index (χ0n) is 11.2. The number of carbonyl (C=O) groups excluding carboxylic acids is 2. The van der Waals surface area contributed by atoms with Gasteiger partial charge in [0, 0.05) is 23.4 Å². The first-order valence-electron chi connectivity index (χ1n) is 5.75. The summed E-state index contributed by atoms with van der Waals surface area (Å²) < 4.78 is 23.7. The average Bonchev–Trinajstić information content (AvgIpc) is 2.70. The van der Waals surface area contributed by atoms with E-state index in [1.54, 1.807) is 6.92 Å². The maximum atomic E-state index is 11.8. The van der Waals surface area contributed by atoms with Crippen molar-refractivity contribution in [3.8, 4) is 0 Å². The molecule has 1 aromatic rings. The Morgan fingerprint density at radius 3 is 2.55 bits per heavy atom. The van der Waals surface area contributed by atoms with E-state index in [2.05, 4.69) is 15.6 Å². The van der Waals surface area contributed by atoms with E-state index >= 15 is 0 Å². The van der Waals surface area contributed by atoms with Gasteiger partial charge in [-0.2, -0.15) is 0 Å². The summed E-state index contributed by atoms with van der Waals surface area (Å²) in [5.74, 6) is -0.294. The van der Waals surface area contributed by atoms with Gasteiger partial charge in [-0.15, -0.1) is 0 Å². The summed E-state index contributed by atoms with van der Waals surface area (Å²) in [5, 5.41) is 4.21. The molecule has 20 heavy (non-hydrogen) atoms. The molecule has 1 unspecified atom stereocenters. The zero-order valence-corrected chi connectivity index (χ0v) is 12.7. The van der Waals surface area contributed by atoms with E-state index in [-0.39, 0.29) is 5.03 Å². The third-order valence-corrected chi connectivity index (χ3v) is 3.69. The summed E-state index contributed by atoms with van der Waals surface area (Å²) in [6.07, 6.45) is 1.15. The van der Waals surface area contributed by atoms with Gasteiger partial charge in [-0.3, -0.25) is 10.1 Å². The highest BCUT2D eigenvalue weighted by atomic mass is 35.7. The predicted molar refractivity (Wildman–Crippen MR) is 71.9 cm³/mol. The summed E-state index contributed by atoms with van der Waals surface area (Å²) in [6, 6.07) is -1.43. The summed E-state index contributed by atoms with van der Waals surface area (Å²) in [5.41, 5.74) is 0. The topological polar surface area (TPSA) is 110 Å². The van der Waals surface area contributed by atoms with Gasteiger partial charge in [-0.25, -0.2) is 18.2 Å². The van der Waals surface area contributed by atoms with Crippen molar-refractivity contribution < 1.29 is 18.0 Å². The molecule has 0 saturated heterocycles. The maximum Gasteiger partial charge on any atom is 0.321 e. The molecule has 0 saturated carbocycles. The van der Waals surface area contributed by atoms with Crippen LogP contribution in [0.25, 0.3) is 0 Å². The number of nitrogens with one attached hydrogen (secondary N) is 2. The Bertz CT molecular complexity index is 625. The zero-order chi connectivity index (χ0) is 15.5. The van der Waals surface area contributed by atoms with Crippen molar-refractivity contribution in [1.82, 2.24) is 20.2 Å². The van der Waals surface area contributed by atoms with Crippen molar-refractivity contribution in [2.75, 3.05) is 6.54 Å². The van der Waals surface area contributed by atoms with Gasteiger partial charge in [0.15, 0.2) is 5.03 Å². The molecule has 2 N–H and O–H groups in total. The first-order chi connectivity index (χ1) is 9.16. The number of aryl methyl sites for hydroxylation is 1. The number of urea groups is 1. The molecule has 10 heteroatoms. The normalized spacial score (nSPS) is 12.8. The lowest BCUT2D eigenvalue weighted by molar-refractivity contribution is -0.122. The van der Waals surface area contributed by atoms with Gasteiger partial charge in [-0.05, 0) is 20.8 Å². The van der Waals surface area contributed by atoms with Crippen molar-refractivity contribution in [2.24, 2.45) is 0 Å². The van der Waals surface area contributed by atoms with E-state index in [0.717, 1.165) is 6.20 Å². The number of carbonyl (C=O) groups is 2. The van der Waals surface area contributed by atoms with E-state index in [9.17, 15) is 18.0 Å². The highest BCUT2D eigenvalue weighted by Gasteiger charge is 2.23. The summed E-state index contributed by atoms with van der Waals surface area (Å²) >= 11 is 0. The van der Waals surface area contributed by atoms with Crippen molar-refractivity contribution in [1.29, 1.82) is 0 Å². The van der Waals surface area contributed by atoms with Crippen LogP contribution in [0.2, 0.25) is 0 Å².